The third-order valence-corrected chi connectivity index (χ3v) is 7.24. The molecule has 1 aromatic heterocycles. The van der Waals surface area contributed by atoms with Gasteiger partial charge in [-0.3, -0.25) is 9.59 Å². The number of carbonyl (C=O) groups excluding carboxylic acids is 2. The number of ether oxygens (including phenoxy) is 1. The van der Waals surface area contributed by atoms with E-state index in [1.165, 1.54) is 19.3 Å². The van der Waals surface area contributed by atoms with E-state index in [9.17, 15) is 9.59 Å². The molecular formula is C26H34N6O3. The van der Waals surface area contributed by atoms with Crippen molar-refractivity contribution in [2.24, 2.45) is 5.92 Å². The van der Waals surface area contributed by atoms with Crippen molar-refractivity contribution in [2.45, 2.75) is 32.6 Å². The van der Waals surface area contributed by atoms with Crippen molar-refractivity contribution in [3.8, 4) is 5.75 Å². The first kappa shape index (κ1) is 23.4. The summed E-state index contributed by atoms with van der Waals surface area (Å²) in [7, 11) is 1.61. The molecule has 9 nitrogen and oxygen atoms in total. The van der Waals surface area contributed by atoms with E-state index in [1.54, 1.807) is 12.0 Å². The maximum atomic E-state index is 13.3. The summed E-state index contributed by atoms with van der Waals surface area (Å²) < 4.78 is 5.20. The maximum absolute atomic E-state index is 13.3. The molecule has 0 bridgehead atoms. The molecule has 5 rings (SSSR count). The van der Waals surface area contributed by atoms with Gasteiger partial charge in [-0.25, -0.2) is 4.98 Å². The number of amides is 2. The lowest BCUT2D eigenvalue weighted by atomic mass is 10.1. The highest BCUT2D eigenvalue weighted by atomic mass is 16.5. The molecule has 3 aliphatic rings. The Morgan fingerprint density at radius 3 is 2.34 bits per heavy atom. The van der Waals surface area contributed by atoms with Crippen molar-refractivity contribution in [3.63, 3.8) is 0 Å². The third-order valence-electron chi connectivity index (χ3n) is 7.24. The number of hydrogen-bond donors (Lipinski definition) is 0. The summed E-state index contributed by atoms with van der Waals surface area (Å²) in [6.45, 7) is 7.14. The van der Waals surface area contributed by atoms with Crippen LogP contribution in [-0.4, -0.2) is 79.6 Å². The summed E-state index contributed by atoms with van der Waals surface area (Å²) in [5.41, 5.74) is 1.77. The molecule has 4 heterocycles. The van der Waals surface area contributed by atoms with E-state index in [0.717, 1.165) is 42.0 Å². The normalized spacial score (nSPS) is 21.0. The number of benzene rings is 1. The Morgan fingerprint density at radius 2 is 1.66 bits per heavy atom. The minimum absolute atomic E-state index is 0.00874. The molecule has 3 saturated heterocycles. The van der Waals surface area contributed by atoms with Crippen molar-refractivity contribution in [3.05, 3.63) is 36.0 Å². The van der Waals surface area contributed by atoms with Crippen LogP contribution in [0.5, 0.6) is 5.75 Å². The molecule has 3 aliphatic heterocycles. The van der Waals surface area contributed by atoms with Crippen LogP contribution in [0.1, 0.15) is 31.4 Å². The van der Waals surface area contributed by atoms with Gasteiger partial charge in [0.15, 0.2) is 0 Å². The van der Waals surface area contributed by atoms with Gasteiger partial charge in [-0.15, -0.1) is 0 Å². The molecule has 2 amide bonds. The van der Waals surface area contributed by atoms with Crippen LogP contribution in [-0.2, 0) is 9.59 Å². The van der Waals surface area contributed by atoms with Crippen molar-refractivity contribution in [1.82, 2.24) is 14.9 Å². The average molecular weight is 479 g/mol. The molecule has 1 unspecified atom stereocenters. The van der Waals surface area contributed by atoms with Gasteiger partial charge in [-0.05, 0) is 50.5 Å². The number of methoxy groups -OCH3 is 1. The van der Waals surface area contributed by atoms with Gasteiger partial charge in [-0.2, -0.15) is 4.98 Å². The molecule has 9 heteroatoms. The fourth-order valence-electron chi connectivity index (χ4n) is 5.23. The van der Waals surface area contributed by atoms with Gasteiger partial charge >= 0.3 is 0 Å². The third kappa shape index (κ3) is 5.04. The number of piperazine rings is 1. The Morgan fingerprint density at radius 1 is 0.943 bits per heavy atom. The number of aryl methyl sites for hydroxylation is 1. The van der Waals surface area contributed by atoms with E-state index in [2.05, 4.69) is 20.9 Å². The monoisotopic (exact) mass is 478 g/mol. The van der Waals surface area contributed by atoms with Gasteiger partial charge < -0.3 is 24.3 Å². The summed E-state index contributed by atoms with van der Waals surface area (Å²) >= 11 is 0. The number of hydrogen-bond acceptors (Lipinski definition) is 7. The van der Waals surface area contributed by atoms with Crippen molar-refractivity contribution < 1.29 is 14.3 Å². The van der Waals surface area contributed by atoms with Gasteiger partial charge in [-0.1, -0.05) is 0 Å². The first-order valence-electron chi connectivity index (χ1n) is 12.6. The topological polar surface area (TPSA) is 82.1 Å². The molecule has 186 valence electrons. The van der Waals surface area contributed by atoms with Crippen LogP contribution >= 0.6 is 0 Å². The van der Waals surface area contributed by atoms with E-state index >= 15 is 0 Å². The van der Waals surface area contributed by atoms with E-state index < -0.39 is 0 Å². The molecule has 0 N–H and O–H groups in total. The zero-order valence-electron chi connectivity index (χ0n) is 20.7. The fraction of sp³-hybridized carbons (Fsp3) is 0.538. The number of piperidine rings is 1. The molecule has 0 aliphatic carbocycles. The molecule has 0 radical (unpaired) electrons. The number of anilines is 3. The van der Waals surface area contributed by atoms with Crippen LogP contribution in [0.2, 0.25) is 0 Å². The first-order chi connectivity index (χ1) is 17.0. The van der Waals surface area contributed by atoms with Gasteiger partial charge in [0.25, 0.3) is 0 Å². The van der Waals surface area contributed by atoms with Crippen molar-refractivity contribution in [2.75, 3.05) is 67.6 Å². The Bertz CT molecular complexity index is 1060. The number of carbonyl (C=O) groups is 2. The highest BCUT2D eigenvalue weighted by molar-refractivity contribution is 6.00. The molecule has 0 saturated carbocycles. The molecule has 2 aromatic rings. The predicted octanol–water partition coefficient (Wildman–Crippen LogP) is 2.49. The first-order valence-corrected chi connectivity index (χ1v) is 12.6. The molecule has 1 aromatic carbocycles. The Labute approximate surface area is 206 Å². The van der Waals surface area contributed by atoms with E-state index in [1.807, 2.05) is 36.1 Å². The minimum Gasteiger partial charge on any atom is -0.497 e. The number of aromatic nitrogens is 2. The highest BCUT2D eigenvalue weighted by Gasteiger charge is 2.38. The number of rotatable bonds is 5. The maximum Gasteiger partial charge on any atom is 0.228 e. The largest absolute Gasteiger partial charge is 0.497 e. The second kappa shape index (κ2) is 10.1. The van der Waals surface area contributed by atoms with E-state index in [4.69, 9.17) is 9.72 Å². The lowest BCUT2D eigenvalue weighted by Crippen LogP contribution is -2.51. The number of nitrogens with zero attached hydrogens (tertiary/aromatic N) is 6. The Balaban J connectivity index is 1.19. The van der Waals surface area contributed by atoms with Crippen LogP contribution in [0.25, 0.3) is 0 Å². The Hall–Kier alpha value is -3.36. The standard InChI is InChI=1S/C26H34N6O3/c1-19-16-23(29-10-4-3-5-11-29)28-26(27-19)31-14-12-30(13-15-31)25(34)20-17-24(33)32(18-20)21-6-8-22(35-2)9-7-21/h6-9,16,20H,3-5,10-15,17-18H2,1-2H3. The highest BCUT2D eigenvalue weighted by Crippen LogP contribution is 2.28. The summed E-state index contributed by atoms with van der Waals surface area (Å²) in [6, 6.07) is 9.47. The Kier molecular flexibility index (Phi) is 6.74. The van der Waals surface area contributed by atoms with Crippen molar-refractivity contribution in [1.29, 1.82) is 0 Å². The lowest BCUT2D eigenvalue weighted by molar-refractivity contribution is -0.136. The van der Waals surface area contributed by atoms with E-state index in [-0.39, 0.29) is 24.2 Å². The summed E-state index contributed by atoms with van der Waals surface area (Å²) in [6.07, 6.45) is 3.95. The predicted molar refractivity (Wildman–Crippen MR) is 135 cm³/mol. The molecule has 0 spiro atoms. The van der Waals surface area contributed by atoms with Crippen LogP contribution in [0.4, 0.5) is 17.5 Å². The van der Waals surface area contributed by atoms with Crippen molar-refractivity contribution >= 4 is 29.3 Å². The quantitative estimate of drug-likeness (QED) is 0.653. The van der Waals surface area contributed by atoms with Gasteiger partial charge in [0.05, 0.1) is 13.0 Å². The molecular weight excluding hydrogens is 444 g/mol. The van der Waals surface area contributed by atoms with Crippen LogP contribution < -0.4 is 19.4 Å². The second-order valence-corrected chi connectivity index (χ2v) is 9.63. The van der Waals surface area contributed by atoms with Crippen LogP contribution in [0.15, 0.2) is 30.3 Å². The minimum atomic E-state index is -0.308. The van der Waals surface area contributed by atoms with E-state index in [0.29, 0.717) is 32.7 Å². The van der Waals surface area contributed by atoms with Gasteiger partial charge in [0, 0.05) is 69.7 Å². The van der Waals surface area contributed by atoms with Gasteiger partial charge in [0.2, 0.25) is 17.8 Å². The second-order valence-electron chi connectivity index (χ2n) is 9.63. The smallest absolute Gasteiger partial charge is 0.228 e. The fourth-order valence-corrected chi connectivity index (χ4v) is 5.23. The summed E-state index contributed by atoms with van der Waals surface area (Å²) in [5, 5.41) is 0. The summed E-state index contributed by atoms with van der Waals surface area (Å²) in [5.74, 6) is 2.25. The van der Waals surface area contributed by atoms with Crippen LogP contribution in [0, 0.1) is 12.8 Å². The molecule has 35 heavy (non-hydrogen) atoms. The van der Waals surface area contributed by atoms with Crippen LogP contribution in [0.3, 0.4) is 0 Å². The average Bonchev–Trinajstić information content (AvgIpc) is 3.30. The lowest BCUT2D eigenvalue weighted by Gasteiger charge is -2.36. The molecule has 3 fully saturated rings. The zero-order chi connectivity index (χ0) is 24.4. The summed E-state index contributed by atoms with van der Waals surface area (Å²) in [4.78, 5) is 43.6. The zero-order valence-corrected chi connectivity index (χ0v) is 20.7. The van der Waals surface area contributed by atoms with Gasteiger partial charge in [0.1, 0.15) is 11.6 Å². The SMILES string of the molecule is COc1ccc(N2CC(C(=O)N3CCN(c4nc(C)cc(N5CCCCC5)n4)CC3)CC2=O)cc1. The molecule has 1 atom stereocenters.